The molecule has 0 aliphatic heterocycles. The van der Waals surface area contributed by atoms with E-state index < -0.39 is 0 Å². The van der Waals surface area contributed by atoms with Gasteiger partial charge in [0.15, 0.2) is 5.58 Å². The molecule has 33 heavy (non-hydrogen) atoms. The zero-order chi connectivity index (χ0) is 22.7. The third-order valence-corrected chi connectivity index (χ3v) is 5.02. The van der Waals surface area contributed by atoms with Gasteiger partial charge in [-0.1, -0.05) is 18.2 Å². The van der Waals surface area contributed by atoms with Gasteiger partial charge >= 0.3 is 0 Å². The summed E-state index contributed by atoms with van der Waals surface area (Å²) in [6.07, 6.45) is 1.60. The van der Waals surface area contributed by atoms with E-state index in [1.165, 1.54) is 12.1 Å². The Hall–Kier alpha value is -3.49. The molecule has 172 valence electrons. The highest BCUT2D eigenvalue weighted by molar-refractivity contribution is 6.03. The maximum atomic E-state index is 13.1. The first-order chi connectivity index (χ1) is 15.4. The van der Waals surface area contributed by atoms with Gasteiger partial charge in [-0.25, -0.2) is 4.39 Å². The average molecular weight is 470 g/mol. The van der Waals surface area contributed by atoms with Gasteiger partial charge in [0.25, 0.3) is 11.9 Å². The Morgan fingerprint density at radius 2 is 1.73 bits per heavy atom. The van der Waals surface area contributed by atoms with Gasteiger partial charge in [0, 0.05) is 37.6 Å². The highest BCUT2D eigenvalue weighted by Gasteiger charge is 2.13. The minimum absolute atomic E-state index is 0. The van der Waals surface area contributed by atoms with Gasteiger partial charge in [-0.3, -0.25) is 9.78 Å². The summed E-state index contributed by atoms with van der Waals surface area (Å²) in [6.45, 7) is 1.66. The summed E-state index contributed by atoms with van der Waals surface area (Å²) in [5.41, 5.74) is 3.82. The zero-order valence-electron chi connectivity index (χ0n) is 18.6. The number of aromatic nitrogens is 2. The summed E-state index contributed by atoms with van der Waals surface area (Å²) >= 11 is 0. The molecule has 0 atom stereocenters. The normalized spacial score (nSPS) is 10.8. The van der Waals surface area contributed by atoms with Gasteiger partial charge in [-0.2, -0.15) is 4.98 Å². The van der Waals surface area contributed by atoms with Crippen molar-refractivity contribution in [1.82, 2.24) is 14.9 Å². The molecule has 0 saturated heterocycles. The van der Waals surface area contributed by atoms with Crippen LogP contribution in [-0.2, 0) is 0 Å². The summed E-state index contributed by atoms with van der Waals surface area (Å²) in [5, 5.41) is 2.84. The van der Waals surface area contributed by atoms with E-state index in [1.54, 1.807) is 48.7 Å². The smallest absolute Gasteiger partial charge is 0.298 e. The quantitative estimate of drug-likeness (QED) is 0.423. The van der Waals surface area contributed by atoms with E-state index in [0.29, 0.717) is 22.8 Å². The van der Waals surface area contributed by atoms with Crippen LogP contribution in [0.4, 0.5) is 16.1 Å². The molecule has 9 heteroatoms. The number of amides is 1. The number of nitrogens with zero attached hydrogens (tertiary/aromatic N) is 4. The Kier molecular flexibility index (Phi) is 7.63. The minimum atomic E-state index is -0.332. The third kappa shape index (κ3) is 5.85. The van der Waals surface area contributed by atoms with Crippen LogP contribution >= 0.6 is 12.4 Å². The standard InChI is InChI=1S/C24H24FN5O2.ClH/c1-29(2)12-13-30(3)24-28-21-14-19(9-11-22(21)32-24)27-23(31)20-10-6-17(15-26-20)16-4-7-18(25)8-5-16;/h4-11,14-15H,12-13H2,1-3H3,(H,27,31);1H. The van der Waals surface area contributed by atoms with Gasteiger partial charge in [0.05, 0.1) is 0 Å². The Labute approximate surface area is 197 Å². The third-order valence-electron chi connectivity index (χ3n) is 5.02. The second-order valence-corrected chi connectivity index (χ2v) is 7.80. The first-order valence-electron chi connectivity index (χ1n) is 10.2. The maximum absolute atomic E-state index is 13.1. The van der Waals surface area contributed by atoms with E-state index in [1.807, 2.05) is 26.0 Å². The predicted octanol–water partition coefficient (Wildman–Crippen LogP) is 4.70. The minimum Gasteiger partial charge on any atom is -0.423 e. The second-order valence-electron chi connectivity index (χ2n) is 7.80. The Morgan fingerprint density at radius 1 is 1.00 bits per heavy atom. The molecule has 0 spiro atoms. The summed E-state index contributed by atoms with van der Waals surface area (Å²) in [6, 6.07) is 15.4. The first kappa shape index (κ1) is 24.2. The summed E-state index contributed by atoms with van der Waals surface area (Å²) in [5.74, 6) is -0.629. The lowest BCUT2D eigenvalue weighted by Gasteiger charge is -2.17. The van der Waals surface area contributed by atoms with Crippen molar-refractivity contribution >= 4 is 41.1 Å². The fraction of sp³-hybridized carbons (Fsp3) is 0.208. The van der Waals surface area contributed by atoms with Gasteiger partial charge in [0.1, 0.15) is 17.0 Å². The molecule has 0 saturated carbocycles. The van der Waals surface area contributed by atoms with E-state index in [-0.39, 0.29) is 29.8 Å². The number of oxazole rings is 1. The van der Waals surface area contributed by atoms with Gasteiger partial charge < -0.3 is 19.5 Å². The maximum Gasteiger partial charge on any atom is 0.298 e. The lowest BCUT2D eigenvalue weighted by Crippen LogP contribution is -2.28. The molecule has 2 aromatic carbocycles. The second kappa shape index (κ2) is 10.4. The van der Waals surface area contributed by atoms with Gasteiger partial charge in [-0.05, 0) is 56.1 Å². The van der Waals surface area contributed by atoms with Crippen molar-refractivity contribution in [2.45, 2.75) is 0 Å². The topological polar surface area (TPSA) is 74.5 Å². The molecular formula is C24H25ClFN5O2. The number of rotatable bonds is 7. The predicted molar refractivity (Wildman–Crippen MR) is 131 cm³/mol. The lowest BCUT2D eigenvalue weighted by molar-refractivity contribution is 0.102. The number of fused-ring (bicyclic) bond motifs is 1. The Morgan fingerprint density at radius 3 is 2.39 bits per heavy atom. The molecule has 0 aliphatic rings. The molecular weight excluding hydrogens is 445 g/mol. The average Bonchev–Trinajstić information content (AvgIpc) is 3.21. The van der Waals surface area contributed by atoms with Crippen LogP contribution in [0.25, 0.3) is 22.2 Å². The molecule has 0 aliphatic carbocycles. The molecule has 1 amide bonds. The number of hydrogen-bond acceptors (Lipinski definition) is 6. The van der Waals surface area contributed by atoms with Crippen molar-refractivity contribution < 1.29 is 13.6 Å². The van der Waals surface area contributed by atoms with Crippen molar-refractivity contribution in [2.24, 2.45) is 0 Å². The van der Waals surface area contributed by atoms with E-state index in [0.717, 1.165) is 24.2 Å². The number of carbonyl (C=O) groups excluding carboxylic acids is 1. The largest absolute Gasteiger partial charge is 0.423 e. The number of likely N-dealkylation sites (N-methyl/N-ethyl adjacent to an activating group) is 2. The summed E-state index contributed by atoms with van der Waals surface area (Å²) in [7, 11) is 5.96. The number of anilines is 2. The number of hydrogen-bond donors (Lipinski definition) is 1. The molecule has 4 rings (SSSR count). The van der Waals surface area contributed by atoms with Crippen LogP contribution in [0.3, 0.4) is 0 Å². The van der Waals surface area contributed by atoms with Crippen LogP contribution < -0.4 is 10.2 Å². The number of pyridine rings is 1. The molecule has 4 aromatic rings. The van der Waals surface area contributed by atoms with Crippen LogP contribution in [0.1, 0.15) is 10.5 Å². The van der Waals surface area contributed by atoms with Crippen molar-refractivity contribution in [1.29, 1.82) is 0 Å². The molecule has 0 unspecified atom stereocenters. The van der Waals surface area contributed by atoms with Crippen LogP contribution in [-0.4, -0.2) is 55.0 Å². The van der Waals surface area contributed by atoms with E-state index in [2.05, 4.69) is 20.2 Å². The highest BCUT2D eigenvalue weighted by Crippen LogP contribution is 2.24. The molecule has 2 heterocycles. The molecule has 0 bridgehead atoms. The molecule has 0 radical (unpaired) electrons. The van der Waals surface area contributed by atoms with Crippen LogP contribution in [0.5, 0.6) is 0 Å². The fourth-order valence-corrected chi connectivity index (χ4v) is 3.14. The number of carbonyl (C=O) groups is 1. The van der Waals surface area contributed by atoms with Crippen molar-refractivity contribution in [3.05, 3.63) is 72.3 Å². The lowest BCUT2D eigenvalue weighted by atomic mass is 10.1. The highest BCUT2D eigenvalue weighted by atomic mass is 35.5. The van der Waals surface area contributed by atoms with Crippen LogP contribution in [0, 0.1) is 5.82 Å². The van der Waals surface area contributed by atoms with Gasteiger partial charge in [0.2, 0.25) is 0 Å². The number of nitrogens with one attached hydrogen (secondary N) is 1. The van der Waals surface area contributed by atoms with Crippen molar-refractivity contribution in [3.8, 4) is 11.1 Å². The monoisotopic (exact) mass is 469 g/mol. The van der Waals surface area contributed by atoms with Gasteiger partial charge in [-0.15, -0.1) is 12.4 Å². The Balaban J connectivity index is 0.00000306. The van der Waals surface area contributed by atoms with E-state index in [4.69, 9.17) is 4.42 Å². The van der Waals surface area contributed by atoms with Crippen molar-refractivity contribution in [2.75, 3.05) is 44.4 Å². The molecule has 0 fully saturated rings. The van der Waals surface area contributed by atoms with Crippen molar-refractivity contribution in [3.63, 3.8) is 0 Å². The Bertz CT molecular complexity index is 1230. The summed E-state index contributed by atoms with van der Waals surface area (Å²) < 4.78 is 18.9. The van der Waals surface area contributed by atoms with E-state index in [9.17, 15) is 9.18 Å². The molecule has 7 nitrogen and oxygen atoms in total. The van der Waals surface area contributed by atoms with Crippen LogP contribution in [0.2, 0.25) is 0 Å². The molecule has 1 N–H and O–H groups in total. The first-order valence-corrected chi connectivity index (χ1v) is 10.2. The SMILES string of the molecule is CN(C)CCN(C)c1nc2cc(NC(=O)c3ccc(-c4ccc(F)cc4)cn3)ccc2o1.Cl. The summed E-state index contributed by atoms with van der Waals surface area (Å²) in [4.78, 5) is 25.4. The molecule has 2 aromatic heterocycles. The number of benzene rings is 2. The zero-order valence-corrected chi connectivity index (χ0v) is 19.4. The van der Waals surface area contributed by atoms with E-state index >= 15 is 0 Å². The van der Waals surface area contributed by atoms with Crippen LogP contribution in [0.15, 0.2) is 65.2 Å². The number of halogens is 2. The fourth-order valence-electron chi connectivity index (χ4n) is 3.14.